The SMILES string of the molecule is CCC(Cc1cccc([N+](=O)[O-])c1Br)C(C)N. The number of hydrogen-bond acceptors (Lipinski definition) is 3. The maximum atomic E-state index is 10.8. The van der Waals surface area contributed by atoms with Gasteiger partial charge in [0, 0.05) is 12.1 Å². The molecule has 2 N–H and O–H groups in total. The van der Waals surface area contributed by atoms with E-state index < -0.39 is 0 Å². The minimum absolute atomic E-state index is 0.0890. The van der Waals surface area contributed by atoms with Crippen LogP contribution in [0.25, 0.3) is 0 Å². The van der Waals surface area contributed by atoms with Gasteiger partial charge in [0.1, 0.15) is 0 Å². The van der Waals surface area contributed by atoms with Gasteiger partial charge in [0.15, 0.2) is 0 Å². The number of benzene rings is 1. The molecule has 17 heavy (non-hydrogen) atoms. The summed E-state index contributed by atoms with van der Waals surface area (Å²) in [7, 11) is 0. The van der Waals surface area contributed by atoms with E-state index in [1.54, 1.807) is 6.07 Å². The Hall–Kier alpha value is -0.940. The fourth-order valence-corrected chi connectivity index (χ4v) is 2.42. The Labute approximate surface area is 109 Å². The second-order valence-corrected chi connectivity index (χ2v) is 5.03. The molecule has 5 heteroatoms. The molecule has 0 fully saturated rings. The van der Waals surface area contributed by atoms with E-state index in [2.05, 4.69) is 22.9 Å². The largest absolute Gasteiger partial charge is 0.328 e. The van der Waals surface area contributed by atoms with Gasteiger partial charge in [-0.1, -0.05) is 25.5 Å². The molecule has 1 rings (SSSR count). The fraction of sp³-hybridized carbons (Fsp3) is 0.500. The zero-order chi connectivity index (χ0) is 13.0. The molecule has 0 radical (unpaired) electrons. The van der Waals surface area contributed by atoms with E-state index in [0.29, 0.717) is 10.4 Å². The van der Waals surface area contributed by atoms with Crippen LogP contribution in [0, 0.1) is 16.0 Å². The Morgan fingerprint density at radius 2 is 2.18 bits per heavy atom. The Kier molecular flexibility index (Phi) is 5.08. The van der Waals surface area contributed by atoms with Crippen LogP contribution in [-0.4, -0.2) is 11.0 Å². The Morgan fingerprint density at radius 3 is 2.65 bits per heavy atom. The van der Waals surface area contributed by atoms with Crippen molar-refractivity contribution in [3.8, 4) is 0 Å². The zero-order valence-corrected chi connectivity index (χ0v) is 11.6. The van der Waals surface area contributed by atoms with E-state index in [9.17, 15) is 10.1 Å². The monoisotopic (exact) mass is 300 g/mol. The van der Waals surface area contributed by atoms with Gasteiger partial charge >= 0.3 is 0 Å². The molecule has 1 aromatic carbocycles. The first-order valence-corrected chi connectivity index (χ1v) is 6.44. The van der Waals surface area contributed by atoms with E-state index in [1.165, 1.54) is 6.07 Å². The number of nitro groups is 1. The summed E-state index contributed by atoms with van der Waals surface area (Å²) in [4.78, 5) is 10.4. The molecule has 1 aromatic rings. The van der Waals surface area contributed by atoms with Crippen LogP contribution >= 0.6 is 15.9 Å². The number of rotatable bonds is 5. The van der Waals surface area contributed by atoms with Crippen molar-refractivity contribution in [2.24, 2.45) is 11.7 Å². The van der Waals surface area contributed by atoms with Crippen molar-refractivity contribution >= 4 is 21.6 Å². The second kappa shape index (κ2) is 6.12. The third-order valence-corrected chi connectivity index (χ3v) is 3.92. The summed E-state index contributed by atoms with van der Waals surface area (Å²) in [6, 6.07) is 5.21. The molecule has 2 unspecified atom stereocenters. The van der Waals surface area contributed by atoms with Gasteiger partial charge in [-0.2, -0.15) is 0 Å². The first-order chi connectivity index (χ1) is 7.97. The Balaban J connectivity index is 2.99. The van der Waals surface area contributed by atoms with Crippen molar-refractivity contribution in [2.75, 3.05) is 0 Å². The van der Waals surface area contributed by atoms with Crippen LogP contribution in [0.5, 0.6) is 0 Å². The molecule has 0 bridgehead atoms. The van der Waals surface area contributed by atoms with Crippen molar-refractivity contribution in [3.63, 3.8) is 0 Å². The van der Waals surface area contributed by atoms with Crippen molar-refractivity contribution < 1.29 is 4.92 Å². The molecule has 0 aliphatic carbocycles. The summed E-state index contributed by atoms with van der Waals surface area (Å²) in [6.45, 7) is 4.05. The minimum Gasteiger partial charge on any atom is -0.328 e. The summed E-state index contributed by atoms with van der Waals surface area (Å²) in [5.74, 6) is 0.341. The Morgan fingerprint density at radius 1 is 1.53 bits per heavy atom. The average Bonchev–Trinajstić information content (AvgIpc) is 2.26. The number of nitro benzene ring substituents is 1. The van der Waals surface area contributed by atoms with Crippen molar-refractivity contribution in [3.05, 3.63) is 38.3 Å². The molecule has 0 heterocycles. The maximum absolute atomic E-state index is 10.8. The predicted molar refractivity (Wildman–Crippen MR) is 71.9 cm³/mol. The normalized spacial score (nSPS) is 14.4. The number of nitrogens with two attached hydrogens (primary N) is 1. The summed E-state index contributed by atoms with van der Waals surface area (Å²) in [5.41, 5.74) is 6.95. The third-order valence-electron chi connectivity index (χ3n) is 3.01. The van der Waals surface area contributed by atoms with Gasteiger partial charge in [-0.05, 0) is 40.8 Å². The molecular formula is C12H17BrN2O2. The van der Waals surface area contributed by atoms with Crippen LogP contribution in [0.15, 0.2) is 22.7 Å². The highest BCUT2D eigenvalue weighted by molar-refractivity contribution is 9.10. The molecule has 0 aromatic heterocycles. The van der Waals surface area contributed by atoms with E-state index in [0.717, 1.165) is 18.4 Å². The van der Waals surface area contributed by atoms with Crippen molar-refractivity contribution in [1.82, 2.24) is 0 Å². The summed E-state index contributed by atoms with van der Waals surface area (Å²) < 4.78 is 0.573. The smallest absolute Gasteiger partial charge is 0.283 e. The zero-order valence-electron chi connectivity index (χ0n) is 10.0. The van der Waals surface area contributed by atoms with E-state index >= 15 is 0 Å². The predicted octanol–water partition coefficient (Wildman–Crippen LogP) is 3.27. The maximum Gasteiger partial charge on any atom is 0.283 e. The van der Waals surface area contributed by atoms with Crippen LogP contribution in [0.3, 0.4) is 0 Å². The third kappa shape index (κ3) is 3.51. The standard InChI is InChI=1S/C12H17BrN2O2/c1-3-9(8(2)14)7-10-5-4-6-11(12(10)13)15(16)17/h4-6,8-9H,3,7,14H2,1-2H3. The van der Waals surface area contributed by atoms with Gasteiger partial charge in [-0.25, -0.2) is 0 Å². The highest BCUT2D eigenvalue weighted by Gasteiger charge is 2.18. The Bertz CT molecular complexity index is 407. The fourth-order valence-electron chi connectivity index (χ4n) is 1.85. The van der Waals surface area contributed by atoms with Crippen LogP contribution in [0.2, 0.25) is 0 Å². The number of hydrogen-bond donors (Lipinski definition) is 1. The molecule has 94 valence electrons. The quantitative estimate of drug-likeness (QED) is 0.670. The molecule has 0 aliphatic rings. The highest BCUT2D eigenvalue weighted by atomic mass is 79.9. The molecule has 0 spiro atoms. The molecule has 0 saturated carbocycles. The van der Waals surface area contributed by atoms with Crippen LogP contribution < -0.4 is 5.73 Å². The van der Waals surface area contributed by atoms with Gasteiger partial charge in [-0.3, -0.25) is 10.1 Å². The summed E-state index contributed by atoms with van der Waals surface area (Å²) in [5, 5.41) is 10.8. The second-order valence-electron chi connectivity index (χ2n) is 4.24. The summed E-state index contributed by atoms with van der Waals surface area (Å²) in [6.07, 6.45) is 1.73. The van der Waals surface area contributed by atoms with Gasteiger partial charge in [0.2, 0.25) is 0 Å². The molecule has 0 saturated heterocycles. The van der Waals surface area contributed by atoms with Gasteiger partial charge in [0.25, 0.3) is 5.69 Å². The molecule has 2 atom stereocenters. The lowest BCUT2D eigenvalue weighted by Gasteiger charge is -2.19. The van der Waals surface area contributed by atoms with Crippen LogP contribution in [-0.2, 0) is 6.42 Å². The van der Waals surface area contributed by atoms with Crippen LogP contribution in [0.4, 0.5) is 5.69 Å². The lowest BCUT2D eigenvalue weighted by Crippen LogP contribution is -2.27. The first kappa shape index (κ1) is 14.1. The van der Waals surface area contributed by atoms with E-state index in [4.69, 9.17) is 5.73 Å². The molecule has 4 nitrogen and oxygen atoms in total. The van der Waals surface area contributed by atoms with Gasteiger partial charge in [0.05, 0.1) is 9.40 Å². The van der Waals surface area contributed by atoms with Crippen molar-refractivity contribution in [2.45, 2.75) is 32.7 Å². The molecular weight excluding hydrogens is 284 g/mol. The van der Waals surface area contributed by atoms with Crippen molar-refractivity contribution in [1.29, 1.82) is 0 Å². The van der Waals surface area contributed by atoms with Gasteiger partial charge < -0.3 is 5.73 Å². The van der Waals surface area contributed by atoms with E-state index in [1.807, 2.05) is 13.0 Å². The average molecular weight is 301 g/mol. The number of halogens is 1. The lowest BCUT2D eigenvalue weighted by molar-refractivity contribution is -0.385. The lowest BCUT2D eigenvalue weighted by atomic mass is 9.91. The topological polar surface area (TPSA) is 69.2 Å². The van der Waals surface area contributed by atoms with Gasteiger partial charge in [-0.15, -0.1) is 0 Å². The summed E-state index contributed by atoms with van der Waals surface area (Å²) >= 11 is 3.31. The number of nitrogens with zero attached hydrogens (tertiary/aromatic N) is 1. The van der Waals surface area contributed by atoms with E-state index in [-0.39, 0.29) is 16.7 Å². The first-order valence-electron chi connectivity index (χ1n) is 5.64. The minimum atomic E-state index is -0.375. The van der Waals surface area contributed by atoms with Crippen LogP contribution in [0.1, 0.15) is 25.8 Å². The molecule has 0 aliphatic heterocycles. The highest BCUT2D eigenvalue weighted by Crippen LogP contribution is 2.30. The molecule has 0 amide bonds.